The van der Waals surface area contributed by atoms with Crippen LogP contribution in [-0.2, 0) is 4.79 Å². The van der Waals surface area contributed by atoms with Crippen LogP contribution >= 0.6 is 35.0 Å². The van der Waals surface area contributed by atoms with E-state index in [1.807, 2.05) is 37.3 Å². The number of carbonyl (C=O) groups is 1. The molecule has 23 heavy (non-hydrogen) atoms. The molecule has 116 valence electrons. The Morgan fingerprint density at radius 2 is 1.87 bits per heavy atom. The first-order valence-electron chi connectivity index (χ1n) is 6.83. The zero-order valence-electron chi connectivity index (χ0n) is 12.1. The van der Waals surface area contributed by atoms with Gasteiger partial charge < -0.3 is 5.32 Å². The largest absolute Gasteiger partial charge is 0.300 e. The molecule has 1 aliphatic rings. The third kappa shape index (κ3) is 3.78. The number of aryl methyl sites for hydroxylation is 1. The number of aliphatic imine (C=N–C) groups is 1. The number of thioether (sulfide) groups is 1. The Morgan fingerprint density at radius 3 is 2.61 bits per heavy atom. The first-order chi connectivity index (χ1) is 11.0. The van der Waals surface area contributed by atoms with Crippen LogP contribution in [0.3, 0.4) is 0 Å². The molecule has 0 spiro atoms. The topological polar surface area (TPSA) is 41.5 Å². The van der Waals surface area contributed by atoms with E-state index >= 15 is 0 Å². The zero-order chi connectivity index (χ0) is 16.4. The van der Waals surface area contributed by atoms with Crippen molar-refractivity contribution in [2.24, 2.45) is 4.99 Å². The Labute approximate surface area is 148 Å². The lowest BCUT2D eigenvalue weighted by atomic mass is 10.2. The molecule has 1 amide bonds. The van der Waals surface area contributed by atoms with Crippen molar-refractivity contribution in [2.45, 2.75) is 6.92 Å². The van der Waals surface area contributed by atoms with E-state index in [-0.39, 0.29) is 5.91 Å². The van der Waals surface area contributed by atoms with Crippen molar-refractivity contribution in [3.05, 3.63) is 68.5 Å². The van der Waals surface area contributed by atoms with Crippen molar-refractivity contribution < 1.29 is 4.79 Å². The number of nitrogens with one attached hydrogen (secondary N) is 1. The summed E-state index contributed by atoms with van der Waals surface area (Å²) in [5.41, 5.74) is 2.65. The minimum atomic E-state index is -0.197. The fourth-order valence-electron chi connectivity index (χ4n) is 1.99. The van der Waals surface area contributed by atoms with Gasteiger partial charge in [0.15, 0.2) is 5.17 Å². The third-order valence-electron chi connectivity index (χ3n) is 3.18. The molecule has 1 saturated heterocycles. The molecule has 3 rings (SSSR count). The summed E-state index contributed by atoms with van der Waals surface area (Å²) < 4.78 is 0. The van der Waals surface area contributed by atoms with Gasteiger partial charge in [-0.15, -0.1) is 0 Å². The van der Waals surface area contributed by atoms with Crippen LogP contribution in [-0.4, -0.2) is 11.1 Å². The lowest BCUT2D eigenvalue weighted by Crippen LogP contribution is -2.19. The van der Waals surface area contributed by atoms with E-state index in [1.165, 1.54) is 11.8 Å². The van der Waals surface area contributed by atoms with E-state index in [2.05, 4.69) is 10.3 Å². The zero-order valence-corrected chi connectivity index (χ0v) is 14.5. The van der Waals surface area contributed by atoms with Gasteiger partial charge in [-0.05, 0) is 48.5 Å². The van der Waals surface area contributed by atoms with E-state index in [0.29, 0.717) is 25.7 Å². The first kappa shape index (κ1) is 16.1. The predicted octanol–water partition coefficient (Wildman–Crippen LogP) is 5.19. The number of hydrogen-bond donors (Lipinski definition) is 1. The fraction of sp³-hybridized carbons (Fsp3) is 0.0588. The van der Waals surface area contributed by atoms with Crippen LogP contribution in [0.2, 0.25) is 10.0 Å². The van der Waals surface area contributed by atoms with Crippen LogP contribution in [0.4, 0.5) is 5.69 Å². The number of benzene rings is 2. The molecular formula is C17H12Cl2N2OS. The predicted molar refractivity (Wildman–Crippen MR) is 98.4 cm³/mol. The van der Waals surface area contributed by atoms with Gasteiger partial charge in [-0.1, -0.05) is 53.0 Å². The SMILES string of the molecule is Cc1ccc(N=C2NC(=O)/C(=C/c3cccc(Cl)c3Cl)S2)cc1. The standard InChI is InChI=1S/C17H12Cl2N2OS/c1-10-5-7-12(8-6-10)20-17-21-16(22)14(23-17)9-11-3-2-4-13(18)15(11)19/h2-9H,1H3,(H,20,21,22)/b14-9-. The molecule has 2 aromatic carbocycles. The van der Waals surface area contributed by atoms with Crippen LogP contribution in [0.1, 0.15) is 11.1 Å². The van der Waals surface area contributed by atoms with Crippen molar-refractivity contribution in [3.8, 4) is 0 Å². The highest BCUT2D eigenvalue weighted by Crippen LogP contribution is 2.32. The molecule has 1 heterocycles. The highest BCUT2D eigenvalue weighted by Gasteiger charge is 2.24. The summed E-state index contributed by atoms with van der Waals surface area (Å²) in [6, 6.07) is 13.1. The fourth-order valence-corrected chi connectivity index (χ4v) is 3.19. The minimum absolute atomic E-state index is 0.197. The Bertz CT molecular complexity index is 829. The average Bonchev–Trinajstić information content (AvgIpc) is 2.86. The molecule has 0 saturated carbocycles. The second-order valence-corrected chi connectivity index (χ2v) is 6.78. The highest BCUT2D eigenvalue weighted by molar-refractivity contribution is 8.18. The maximum Gasteiger partial charge on any atom is 0.264 e. The number of amidine groups is 1. The van der Waals surface area contributed by atoms with Crippen molar-refractivity contribution in [3.63, 3.8) is 0 Å². The second kappa shape index (κ2) is 6.79. The average molecular weight is 363 g/mol. The molecule has 0 bridgehead atoms. The Morgan fingerprint density at radius 1 is 1.13 bits per heavy atom. The first-order valence-corrected chi connectivity index (χ1v) is 8.40. The Hall–Kier alpha value is -1.75. The van der Waals surface area contributed by atoms with Gasteiger partial charge in [0.2, 0.25) is 0 Å². The van der Waals surface area contributed by atoms with E-state index in [0.717, 1.165) is 11.3 Å². The van der Waals surface area contributed by atoms with Crippen LogP contribution in [0.5, 0.6) is 0 Å². The van der Waals surface area contributed by atoms with Gasteiger partial charge in [-0.25, -0.2) is 4.99 Å². The summed E-state index contributed by atoms with van der Waals surface area (Å²) in [6.45, 7) is 2.01. The molecule has 0 aliphatic carbocycles. The number of hydrogen-bond acceptors (Lipinski definition) is 3. The normalized spacial score (nSPS) is 17.8. The number of nitrogens with zero attached hydrogens (tertiary/aromatic N) is 1. The summed E-state index contributed by atoms with van der Waals surface area (Å²) in [5.74, 6) is -0.197. The molecule has 3 nitrogen and oxygen atoms in total. The monoisotopic (exact) mass is 362 g/mol. The maximum absolute atomic E-state index is 12.1. The summed E-state index contributed by atoms with van der Waals surface area (Å²) in [5, 5.41) is 4.18. The molecule has 0 radical (unpaired) electrons. The summed E-state index contributed by atoms with van der Waals surface area (Å²) in [7, 11) is 0. The van der Waals surface area contributed by atoms with Gasteiger partial charge in [-0.3, -0.25) is 4.79 Å². The van der Waals surface area contributed by atoms with Gasteiger partial charge in [-0.2, -0.15) is 0 Å². The van der Waals surface area contributed by atoms with E-state index in [9.17, 15) is 4.79 Å². The molecule has 0 atom stereocenters. The summed E-state index contributed by atoms with van der Waals surface area (Å²) in [4.78, 5) is 17.0. The molecule has 2 aromatic rings. The van der Waals surface area contributed by atoms with Gasteiger partial charge in [0.25, 0.3) is 5.91 Å². The van der Waals surface area contributed by atoms with Crippen molar-refractivity contribution in [2.75, 3.05) is 0 Å². The van der Waals surface area contributed by atoms with Crippen molar-refractivity contribution in [1.29, 1.82) is 0 Å². The smallest absolute Gasteiger partial charge is 0.264 e. The molecule has 6 heteroatoms. The maximum atomic E-state index is 12.1. The molecule has 0 aromatic heterocycles. The minimum Gasteiger partial charge on any atom is -0.300 e. The number of halogens is 2. The third-order valence-corrected chi connectivity index (χ3v) is 4.93. The van der Waals surface area contributed by atoms with Crippen LogP contribution < -0.4 is 5.32 Å². The Kier molecular flexibility index (Phi) is 4.76. The van der Waals surface area contributed by atoms with Crippen LogP contribution in [0.15, 0.2) is 52.4 Å². The number of carbonyl (C=O) groups excluding carboxylic acids is 1. The summed E-state index contributed by atoms with van der Waals surface area (Å²) in [6.07, 6.45) is 1.71. The molecular weight excluding hydrogens is 351 g/mol. The van der Waals surface area contributed by atoms with E-state index < -0.39 is 0 Å². The van der Waals surface area contributed by atoms with Crippen molar-refractivity contribution >= 4 is 57.8 Å². The van der Waals surface area contributed by atoms with Gasteiger partial charge in [0.05, 0.1) is 20.6 Å². The van der Waals surface area contributed by atoms with Crippen molar-refractivity contribution in [1.82, 2.24) is 5.32 Å². The lowest BCUT2D eigenvalue weighted by Gasteiger charge is -2.00. The molecule has 1 fully saturated rings. The van der Waals surface area contributed by atoms with Gasteiger partial charge in [0, 0.05) is 0 Å². The second-order valence-electron chi connectivity index (χ2n) is 4.96. The molecule has 1 aliphatic heterocycles. The van der Waals surface area contributed by atoms with E-state index in [1.54, 1.807) is 18.2 Å². The highest BCUT2D eigenvalue weighted by atomic mass is 35.5. The summed E-state index contributed by atoms with van der Waals surface area (Å²) >= 11 is 13.4. The number of amides is 1. The Balaban J connectivity index is 1.86. The van der Waals surface area contributed by atoms with Crippen LogP contribution in [0.25, 0.3) is 6.08 Å². The van der Waals surface area contributed by atoms with E-state index in [4.69, 9.17) is 23.2 Å². The van der Waals surface area contributed by atoms with Gasteiger partial charge in [0.1, 0.15) is 0 Å². The number of rotatable bonds is 2. The lowest BCUT2D eigenvalue weighted by molar-refractivity contribution is -0.115. The van der Waals surface area contributed by atoms with Crippen LogP contribution in [0, 0.1) is 6.92 Å². The molecule has 0 unspecified atom stereocenters. The van der Waals surface area contributed by atoms with Gasteiger partial charge >= 0.3 is 0 Å². The molecule has 1 N–H and O–H groups in total. The quantitative estimate of drug-likeness (QED) is 0.746.